The highest BCUT2D eigenvalue weighted by Gasteiger charge is 2.43. The van der Waals surface area contributed by atoms with Crippen LogP contribution < -0.4 is 0 Å². The lowest BCUT2D eigenvalue weighted by Gasteiger charge is -2.32. The van der Waals surface area contributed by atoms with Crippen LogP contribution in [-0.2, 0) is 4.79 Å². The van der Waals surface area contributed by atoms with Crippen molar-refractivity contribution in [1.82, 2.24) is 4.90 Å². The van der Waals surface area contributed by atoms with Crippen molar-refractivity contribution in [3.8, 4) is 0 Å². The van der Waals surface area contributed by atoms with Gasteiger partial charge in [0.25, 0.3) is 0 Å². The fourth-order valence-electron chi connectivity index (χ4n) is 2.76. The molecular weight excluding hydrogens is 234 g/mol. The van der Waals surface area contributed by atoms with E-state index in [0.717, 1.165) is 12.8 Å². The van der Waals surface area contributed by atoms with Crippen LogP contribution in [0.1, 0.15) is 72.6 Å². The van der Waals surface area contributed by atoms with Crippen LogP contribution in [-0.4, -0.2) is 16.8 Å². The van der Waals surface area contributed by atoms with Gasteiger partial charge in [0.1, 0.15) is 6.04 Å². The molecule has 0 aromatic carbocycles. The highest BCUT2D eigenvalue weighted by Crippen LogP contribution is 2.37. The Labute approximate surface area is 119 Å². The molecule has 0 bridgehead atoms. The SMILES string of the molecule is C=CN1C(=O)C1CCC(C)C(C)(C)CCCCCC. The molecule has 1 saturated heterocycles. The molecule has 0 aromatic heterocycles. The van der Waals surface area contributed by atoms with E-state index >= 15 is 0 Å². The first-order valence-electron chi connectivity index (χ1n) is 7.88. The van der Waals surface area contributed by atoms with E-state index in [1.807, 2.05) is 0 Å². The Balaban J connectivity index is 2.25. The minimum atomic E-state index is 0.135. The molecule has 0 N–H and O–H groups in total. The third kappa shape index (κ3) is 4.67. The molecule has 2 heteroatoms. The highest BCUT2D eigenvalue weighted by molar-refractivity contribution is 5.97. The van der Waals surface area contributed by atoms with Crippen molar-refractivity contribution in [2.45, 2.75) is 78.7 Å². The fraction of sp³-hybridized carbons (Fsp3) is 0.824. The number of nitrogens with zero attached hydrogens (tertiary/aromatic N) is 1. The summed E-state index contributed by atoms with van der Waals surface area (Å²) in [5, 5.41) is 0. The number of carbonyl (C=O) groups is 1. The van der Waals surface area contributed by atoms with Gasteiger partial charge in [-0.05, 0) is 30.6 Å². The van der Waals surface area contributed by atoms with Gasteiger partial charge in [-0.15, -0.1) is 0 Å². The molecule has 1 amide bonds. The Morgan fingerprint density at radius 1 is 1.37 bits per heavy atom. The van der Waals surface area contributed by atoms with Gasteiger partial charge in [-0.2, -0.15) is 0 Å². The standard InChI is InChI=1S/C17H31NO/c1-6-8-9-10-13-17(4,5)14(3)11-12-15-16(19)18(15)7-2/h7,14-15H,2,6,8-13H2,1,3-5H3. The predicted octanol–water partition coefficient (Wildman–Crippen LogP) is 4.75. The van der Waals surface area contributed by atoms with Crippen LogP contribution in [0.15, 0.2) is 12.8 Å². The Morgan fingerprint density at radius 2 is 2.05 bits per heavy atom. The molecule has 0 aromatic rings. The van der Waals surface area contributed by atoms with Crippen LogP contribution in [0.25, 0.3) is 0 Å². The van der Waals surface area contributed by atoms with Gasteiger partial charge in [-0.1, -0.05) is 60.0 Å². The highest BCUT2D eigenvalue weighted by atomic mass is 16.2. The van der Waals surface area contributed by atoms with Gasteiger partial charge in [0.2, 0.25) is 5.91 Å². The molecule has 2 nitrogen and oxygen atoms in total. The van der Waals surface area contributed by atoms with E-state index in [0.29, 0.717) is 11.3 Å². The Hall–Kier alpha value is -0.790. The Bertz CT molecular complexity index is 308. The lowest BCUT2D eigenvalue weighted by Crippen LogP contribution is -2.22. The van der Waals surface area contributed by atoms with Gasteiger partial charge in [-0.25, -0.2) is 0 Å². The normalized spacial score (nSPS) is 20.5. The molecule has 0 spiro atoms. The predicted molar refractivity (Wildman–Crippen MR) is 81.8 cm³/mol. The second-order valence-corrected chi connectivity index (χ2v) is 6.72. The smallest absolute Gasteiger partial charge is 0.250 e. The summed E-state index contributed by atoms with van der Waals surface area (Å²) in [7, 11) is 0. The van der Waals surface area contributed by atoms with Crippen LogP contribution in [0.3, 0.4) is 0 Å². The summed E-state index contributed by atoms with van der Waals surface area (Å²) in [6, 6.07) is 0.135. The van der Waals surface area contributed by atoms with Crippen LogP contribution in [0.4, 0.5) is 0 Å². The molecule has 0 radical (unpaired) electrons. The van der Waals surface area contributed by atoms with Gasteiger partial charge >= 0.3 is 0 Å². The minimum absolute atomic E-state index is 0.135. The average molecular weight is 265 g/mol. The maximum atomic E-state index is 11.4. The molecular formula is C17H31NO. The zero-order chi connectivity index (χ0) is 14.5. The molecule has 2 atom stereocenters. The number of hydrogen-bond acceptors (Lipinski definition) is 1. The van der Waals surface area contributed by atoms with Crippen molar-refractivity contribution < 1.29 is 4.79 Å². The van der Waals surface area contributed by atoms with E-state index in [4.69, 9.17) is 0 Å². The van der Waals surface area contributed by atoms with Crippen molar-refractivity contribution in [3.63, 3.8) is 0 Å². The number of unbranched alkanes of at least 4 members (excludes halogenated alkanes) is 3. The van der Waals surface area contributed by atoms with Crippen LogP contribution in [0.5, 0.6) is 0 Å². The maximum absolute atomic E-state index is 11.4. The zero-order valence-electron chi connectivity index (χ0n) is 13.2. The summed E-state index contributed by atoms with van der Waals surface area (Å²) in [5.74, 6) is 0.928. The second kappa shape index (κ2) is 7.12. The van der Waals surface area contributed by atoms with Crippen LogP contribution in [0.2, 0.25) is 0 Å². The fourth-order valence-corrected chi connectivity index (χ4v) is 2.76. The van der Waals surface area contributed by atoms with Crippen LogP contribution in [0, 0.1) is 11.3 Å². The molecule has 1 fully saturated rings. The molecule has 19 heavy (non-hydrogen) atoms. The molecule has 0 aliphatic carbocycles. The largest absolute Gasteiger partial charge is 0.305 e. The summed E-state index contributed by atoms with van der Waals surface area (Å²) in [6.07, 6.45) is 10.5. The lowest BCUT2D eigenvalue weighted by molar-refractivity contribution is -0.113. The Kier molecular flexibility index (Phi) is 6.09. The summed E-state index contributed by atoms with van der Waals surface area (Å²) >= 11 is 0. The summed E-state index contributed by atoms with van der Waals surface area (Å²) in [4.78, 5) is 13.2. The van der Waals surface area contributed by atoms with Crippen molar-refractivity contribution in [2.24, 2.45) is 11.3 Å². The Morgan fingerprint density at radius 3 is 2.58 bits per heavy atom. The summed E-state index contributed by atoms with van der Waals surface area (Å²) < 4.78 is 0. The summed E-state index contributed by atoms with van der Waals surface area (Å²) in [5.41, 5.74) is 0.394. The monoisotopic (exact) mass is 265 g/mol. The van der Waals surface area contributed by atoms with Crippen LogP contribution >= 0.6 is 0 Å². The molecule has 1 rings (SSSR count). The van der Waals surface area contributed by atoms with Gasteiger partial charge in [0.15, 0.2) is 0 Å². The van der Waals surface area contributed by atoms with E-state index in [1.54, 1.807) is 11.1 Å². The van der Waals surface area contributed by atoms with E-state index in [-0.39, 0.29) is 11.9 Å². The number of hydrogen-bond donors (Lipinski definition) is 0. The third-order valence-corrected chi connectivity index (χ3v) is 4.89. The van der Waals surface area contributed by atoms with E-state index in [1.165, 1.54) is 32.1 Å². The van der Waals surface area contributed by atoms with E-state index in [9.17, 15) is 4.79 Å². The van der Waals surface area contributed by atoms with E-state index in [2.05, 4.69) is 34.3 Å². The average Bonchev–Trinajstić information content (AvgIpc) is 3.01. The molecule has 1 aliphatic rings. The molecule has 2 unspecified atom stereocenters. The first-order chi connectivity index (χ1) is 8.94. The molecule has 0 saturated carbocycles. The number of carbonyl (C=O) groups excluding carboxylic acids is 1. The second-order valence-electron chi connectivity index (χ2n) is 6.72. The number of rotatable bonds is 10. The summed E-state index contributed by atoms with van der Waals surface area (Å²) in [6.45, 7) is 13.0. The van der Waals surface area contributed by atoms with Crippen molar-refractivity contribution in [3.05, 3.63) is 12.8 Å². The van der Waals surface area contributed by atoms with Crippen molar-refractivity contribution in [2.75, 3.05) is 0 Å². The molecule has 1 aliphatic heterocycles. The quantitative estimate of drug-likeness (QED) is 0.412. The van der Waals surface area contributed by atoms with Gasteiger partial charge in [0.05, 0.1) is 0 Å². The topological polar surface area (TPSA) is 20.1 Å². The number of amides is 1. The van der Waals surface area contributed by atoms with Gasteiger partial charge < -0.3 is 4.90 Å². The van der Waals surface area contributed by atoms with Gasteiger partial charge in [0, 0.05) is 6.20 Å². The molecule has 110 valence electrons. The lowest BCUT2D eigenvalue weighted by atomic mass is 9.74. The van der Waals surface area contributed by atoms with E-state index < -0.39 is 0 Å². The van der Waals surface area contributed by atoms with Crippen molar-refractivity contribution in [1.29, 1.82) is 0 Å². The third-order valence-electron chi connectivity index (χ3n) is 4.89. The maximum Gasteiger partial charge on any atom is 0.250 e. The first-order valence-corrected chi connectivity index (χ1v) is 7.88. The minimum Gasteiger partial charge on any atom is -0.305 e. The van der Waals surface area contributed by atoms with Gasteiger partial charge in [-0.3, -0.25) is 4.79 Å². The first kappa shape index (κ1) is 16.3. The zero-order valence-corrected chi connectivity index (χ0v) is 13.2. The van der Waals surface area contributed by atoms with Crippen molar-refractivity contribution >= 4 is 5.91 Å². The molecule has 1 heterocycles.